The van der Waals surface area contributed by atoms with Gasteiger partial charge in [0.2, 0.25) is 0 Å². The molecule has 0 bridgehead atoms. The Labute approximate surface area is 74.2 Å². The van der Waals surface area contributed by atoms with Crippen molar-refractivity contribution in [3.05, 3.63) is 54.1 Å². The molecule has 0 atom stereocenters. The number of allylic oxidation sites excluding steroid dienone is 3. The van der Waals surface area contributed by atoms with E-state index in [1.54, 1.807) is 0 Å². The van der Waals surface area contributed by atoms with Gasteiger partial charge in [0.25, 0.3) is 0 Å². The van der Waals surface area contributed by atoms with Crippen LogP contribution in [0.4, 0.5) is 0 Å². The third kappa shape index (κ3) is 2.39. The largest absolute Gasteiger partial charge is 0.0912 e. The van der Waals surface area contributed by atoms with Gasteiger partial charge < -0.3 is 0 Å². The van der Waals surface area contributed by atoms with E-state index in [0.717, 1.165) is 5.57 Å². The summed E-state index contributed by atoms with van der Waals surface area (Å²) in [6, 6.07) is 10.2. The van der Waals surface area contributed by atoms with Gasteiger partial charge in [-0.15, -0.1) is 0 Å². The van der Waals surface area contributed by atoms with Crippen molar-refractivity contribution in [2.45, 2.75) is 13.8 Å². The Kier molecular flexibility index (Phi) is 2.87. The maximum absolute atomic E-state index is 3.99. The fourth-order valence-electron chi connectivity index (χ4n) is 1.08. The molecule has 1 aromatic carbocycles. The first kappa shape index (κ1) is 8.79. The Morgan fingerprint density at radius 1 is 1.17 bits per heavy atom. The first-order chi connectivity index (χ1) is 5.70. The number of rotatable bonds is 2. The van der Waals surface area contributed by atoms with E-state index in [0.29, 0.717) is 0 Å². The zero-order valence-electron chi connectivity index (χ0n) is 7.67. The van der Waals surface area contributed by atoms with Crippen LogP contribution in [-0.2, 0) is 0 Å². The van der Waals surface area contributed by atoms with E-state index >= 15 is 0 Å². The lowest BCUT2D eigenvalue weighted by molar-refractivity contribution is 1.39. The van der Waals surface area contributed by atoms with Gasteiger partial charge in [0.1, 0.15) is 0 Å². The molecule has 0 spiro atoms. The summed E-state index contributed by atoms with van der Waals surface area (Å²) in [5.41, 5.74) is 3.55. The summed E-state index contributed by atoms with van der Waals surface area (Å²) in [5.74, 6) is 0. The third-order valence-electron chi connectivity index (χ3n) is 1.61. The number of hydrogen-bond acceptors (Lipinski definition) is 0. The summed E-state index contributed by atoms with van der Waals surface area (Å²) in [6.07, 6.45) is 2.09. The molecule has 0 aromatic heterocycles. The topological polar surface area (TPSA) is 0 Å². The van der Waals surface area contributed by atoms with Crippen molar-refractivity contribution in [1.29, 1.82) is 0 Å². The quantitative estimate of drug-likeness (QED) is 0.576. The van der Waals surface area contributed by atoms with Gasteiger partial charge >= 0.3 is 0 Å². The minimum atomic E-state index is 1.08. The van der Waals surface area contributed by atoms with E-state index in [1.165, 1.54) is 11.1 Å². The Morgan fingerprint density at radius 3 is 2.25 bits per heavy atom. The molecule has 0 saturated heterocycles. The lowest BCUT2D eigenvalue weighted by atomic mass is 10.1. The molecule has 0 heteroatoms. The van der Waals surface area contributed by atoms with E-state index in [2.05, 4.69) is 38.6 Å². The predicted octanol–water partition coefficient (Wildman–Crippen LogP) is 3.67. The van der Waals surface area contributed by atoms with E-state index in [1.807, 2.05) is 18.2 Å². The van der Waals surface area contributed by atoms with Crippen molar-refractivity contribution < 1.29 is 0 Å². The van der Waals surface area contributed by atoms with Crippen LogP contribution in [0.25, 0.3) is 5.57 Å². The highest BCUT2D eigenvalue weighted by atomic mass is 14.0. The third-order valence-corrected chi connectivity index (χ3v) is 1.61. The molecule has 0 unspecified atom stereocenters. The maximum atomic E-state index is 3.99. The van der Waals surface area contributed by atoms with Crippen molar-refractivity contribution in [3.63, 3.8) is 0 Å². The second kappa shape index (κ2) is 3.91. The monoisotopic (exact) mass is 158 g/mol. The molecule has 0 radical (unpaired) electrons. The van der Waals surface area contributed by atoms with E-state index in [-0.39, 0.29) is 0 Å². The Hall–Kier alpha value is -1.30. The molecule has 0 saturated carbocycles. The smallest absolute Gasteiger partial charge is 0.0190 e. The van der Waals surface area contributed by atoms with Crippen LogP contribution < -0.4 is 0 Å². The molecule has 12 heavy (non-hydrogen) atoms. The van der Waals surface area contributed by atoms with Crippen LogP contribution in [0.15, 0.2) is 48.6 Å². The summed E-state index contributed by atoms with van der Waals surface area (Å²) in [6.45, 7) is 8.14. The molecule has 1 rings (SSSR count). The average molecular weight is 158 g/mol. The van der Waals surface area contributed by atoms with Crippen molar-refractivity contribution >= 4 is 5.57 Å². The maximum Gasteiger partial charge on any atom is -0.0190 e. The van der Waals surface area contributed by atoms with E-state index < -0.39 is 0 Å². The van der Waals surface area contributed by atoms with Crippen LogP contribution in [-0.4, -0.2) is 0 Å². The van der Waals surface area contributed by atoms with Gasteiger partial charge in [-0.05, 0) is 25.0 Å². The van der Waals surface area contributed by atoms with Crippen molar-refractivity contribution in [1.82, 2.24) is 0 Å². The number of benzene rings is 1. The minimum Gasteiger partial charge on any atom is -0.0912 e. The molecule has 0 aliphatic rings. The molecule has 0 aliphatic heterocycles. The summed E-state index contributed by atoms with van der Waals surface area (Å²) < 4.78 is 0. The standard InChI is InChI=1S/C12H14/c1-10(2)9-11(3)12-7-5-4-6-8-12/h4-9H,3H2,1-2H3. The Morgan fingerprint density at radius 2 is 1.75 bits per heavy atom. The highest BCUT2D eigenvalue weighted by Gasteiger charge is 1.92. The van der Waals surface area contributed by atoms with Crippen LogP contribution in [0.1, 0.15) is 19.4 Å². The lowest BCUT2D eigenvalue weighted by Gasteiger charge is -1.99. The fourth-order valence-corrected chi connectivity index (χ4v) is 1.08. The van der Waals surface area contributed by atoms with Crippen LogP contribution in [0, 0.1) is 0 Å². The molecule has 62 valence electrons. The minimum absolute atomic E-state index is 1.08. The highest BCUT2D eigenvalue weighted by Crippen LogP contribution is 2.14. The van der Waals surface area contributed by atoms with Crippen LogP contribution in [0.2, 0.25) is 0 Å². The molecule has 0 fully saturated rings. The molecular formula is C12H14. The summed E-state index contributed by atoms with van der Waals surface area (Å²) in [4.78, 5) is 0. The summed E-state index contributed by atoms with van der Waals surface area (Å²) in [7, 11) is 0. The Bertz CT molecular complexity index is 287. The molecule has 1 aromatic rings. The zero-order chi connectivity index (χ0) is 8.97. The second-order valence-corrected chi connectivity index (χ2v) is 3.11. The van der Waals surface area contributed by atoms with Crippen molar-refractivity contribution in [3.8, 4) is 0 Å². The van der Waals surface area contributed by atoms with E-state index in [4.69, 9.17) is 0 Å². The molecule has 0 aliphatic carbocycles. The average Bonchev–Trinajstić information content (AvgIpc) is 2.05. The Balaban J connectivity index is 2.87. The summed E-state index contributed by atoms with van der Waals surface area (Å²) in [5, 5.41) is 0. The van der Waals surface area contributed by atoms with Crippen molar-refractivity contribution in [2.24, 2.45) is 0 Å². The normalized spacial score (nSPS) is 9.17. The second-order valence-electron chi connectivity index (χ2n) is 3.11. The van der Waals surface area contributed by atoms with Gasteiger partial charge in [0.05, 0.1) is 0 Å². The predicted molar refractivity (Wildman–Crippen MR) is 54.9 cm³/mol. The van der Waals surface area contributed by atoms with Gasteiger partial charge in [0, 0.05) is 0 Å². The van der Waals surface area contributed by atoms with Gasteiger partial charge in [-0.25, -0.2) is 0 Å². The first-order valence-corrected chi connectivity index (χ1v) is 4.09. The van der Waals surface area contributed by atoms with Gasteiger partial charge in [0.15, 0.2) is 0 Å². The molecular weight excluding hydrogens is 144 g/mol. The first-order valence-electron chi connectivity index (χ1n) is 4.09. The van der Waals surface area contributed by atoms with Gasteiger partial charge in [-0.2, -0.15) is 0 Å². The van der Waals surface area contributed by atoms with E-state index in [9.17, 15) is 0 Å². The molecule has 0 heterocycles. The molecule has 0 nitrogen and oxygen atoms in total. The van der Waals surface area contributed by atoms with Gasteiger partial charge in [-0.3, -0.25) is 0 Å². The molecule has 0 N–H and O–H groups in total. The highest BCUT2D eigenvalue weighted by molar-refractivity contribution is 5.72. The summed E-state index contributed by atoms with van der Waals surface area (Å²) >= 11 is 0. The van der Waals surface area contributed by atoms with Gasteiger partial charge in [-0.1, -0.05) is 48.6 Å². The van der Waals surface area contributed by atoms with Crippen LogP contribution in [0.3, 0.4) is 0 Å². The SMILES string of the molecule is C=C(C=C(C)C)c1ccccc1. The van der Waals surface area contributed by atoms with Crippen molar-refractivity contribution in [2.75, 3.05) is 0 Å². The van der Waals surface area contributed by atoms with Crippen LogP contribution >= 0.6 is 0 Å². The number of hydrogen-bond donors (Lipinski definition) is 0. The molecule has 0 amide bonds. The lowest BCUT2D eigenvalue weighted by Crippen LogP contribution is -1.77. The van der Waals surface area contributed by atoms with Crippen LogP contribution in [0.5, 0.6) is 0 Å². The zero-order valence-corrected chi connectivity index (χ0v) is 7.67. The fraction of sp³-hybridized carbons (Fsp3) is 0.167.